The topological polar surface area (TPSA) is 100 Å². The summed E-state index contributed by atoms with van der Waals surface area (Å²) in [6, 6.07) is 15.4. The minimum atomic E-state index is -0.571. The monoisotopic (exact) mass is 487 g/mol. The van der Waals surface area contributed by atoms with Crippen LogP contribution in [0.4, 0.5) is 5.69 Å². The van der Waals surface area contributed by atoms with Crippen LogP contribution < -0.4 is 16.6 Å². The Morgan fingerprint density at radius 2 is 1.83 bits per heavy atom. The van der Waals surface area contributed by atoms with E-state index < -0.39 is 17.2 Å². The molecular formula is C27H29N5O4. The number of aryl methyl sites for hydroxylation is 1. The first-order valence-corrected chi connectivity index (χ1v) is 12.2. The van der Waals surface area contributed by atoms with E-state index in [0.29, 0.717) is 18.8 Å². The molecule has 36 heavy (non-hydrogen) atoms. The van der Waals surface area contributed by atoms with Crippen LogP contribution in [0.1, 0.15) is 29.5 Å². The second-order valence-corrected chi connectivity index (χ2v) is 9.05. The first-order valence-electron chi connectivity index (χ1n) is 12.2. The fraction of sp³-hybridized carbons (Fsp3) is 0.333. The minimum Gasteiger partial charge on any atom is -0.383 e. The number of ether oxygens (including phenoxy) is 1. The van der Waals surface area contributed by atoms with Crippen LogP contribution in [0, 0.1) is 0 Å². The maximum atomic E-state index is 13.5. The summed E-state index contributed by atoms with van der Waals surface area (Å²) in [6.07, 6.45) is 5.64. The summed E-state index contributed by atoms with van der Waals surface area (Å²) in [6.45, 7) is 0.615. The number of nitrogens with zero attached hydrogens (tertiary/aromatic N) is 4. The molecule has 2 heterocycles. The molecule has 0 radical (unpaired) electrons. The largest absolute Gasteiger partial charge is 0.383 e. The molecule has 2 aromatic heterocycles. The SMILES string of the molecule is COCCn1cnc2c1c(=O)n(CC(=O)Nc1cccc3c1CCCC3)c(=O)n2Cc1ccccc1. The average molecular weight is 488 g/mol. The average Bonchev–Trinajstić information content (AvgIpc) is 3.32. The van der Waals surface area contributed by atoms with Crippen molar-refractivity contribution in [1.82, 2.24) is 18.7 Å². The number of imidazole rings is 1. The van der Waals surface area contributed by atoms with E-state index >= 15 is 0 Å². The highest BCUT2D eigenvalue weighted by atomic mass is 16.5. The van der Waals surface area contributed by atoms with Gasteiger partial charge in [0.25, 0.3) is 5.56 Å². The number of rotatable bonds is 8. The Balaban J connectivity index is 1.54. The van der Waals surface area contributed by atoms with Crippen molar-refractivity contribution in [2.24, 2.45) is 0 Å². The van der Waals surface area contributed by atoms with Crippen molar-refractivity contribution in [2.75, 3.05) is 19.0 Å². The Bertz CT molecular complexity index is 1520. The Morgan fingerprint density at radius 1 is 1.03 bits per heavy atom. The van der Waals surface area contributed by atoms with Crippen molar-refractivity contribution >= 4 is 22.8 Å². The Hall–Kier alpha value is -3.98. The summed E-state index contributed by atoms with van der Waals surface area (Å²) >= 11 is 0. The highest BCUT2D eigenvalue weighted by Gasteiger charge is 2.21. The smallest absolute Gasteiger partial charge is 0.333 e. The van der Waals surface area contributed by atoms with Crippen LogP contribution in [0.3, 0.4) is 0 Å². The predicted molar refractivity (Wildman–Crippen MR) is 137 cm³/mol. The summed E-state index contributed by atoms with van der Waals surface area (Å²) in [5, 5.41) is 2.94. The van der Waals surface area contributed by atoms with Crippen molar-refractivity contribution in [1.29, 1.82) is 0 Å². The van der Waals surface area contributed by atoms with Crippen LogP contribution in [0.15, 0.2) is 64.4 Å². The van der Waals surface area contributed by atoms with E-state index in [4.69, 9.17) is 4.74 Å². The molecule has 5 rings (SSSR count). The highest BCUT2D eigenvalue weighted by Crippen LogP contribution is 2.27. The van der Waals surface area contributed by atoms with Gasteiger partial charge in [0.15, 0.2) is 11.2 Å². The van der Waals surface area contributed by atoms with Gasteiger partial charge in [-0.25, -0.2) is 14.3 Å². The van der Waals surface area contributed by atoms with Crippen molar-refractivity contribution in [3.05, 3.63) is 92.4 Å². The van der Waals surface area contributed by atoms with Crippen LogP contribution in [0.2, 0.25) is 0 Å². The van der Waals surface area contributed by atoms with Crippen molar-refractivity contribution in [2.45, 2.75) is 45.3 Å². The number of fused-ring (bicyclic) bond motifs is 2. The van der Waals surface area contributed by atoms with Gasteiger partial charge in [0.05, 0.1) is 19.5 Å². The van der Waals surface area contributed by atoms with E-state index in [1.54, 1.807) is 11.7 Å². The molecule has 0 spiro atoms. The van der Waals surface area contributed by atoms with Crippen LogP contribution in [-0.2, 0) is 42.0 Å². The van der Waals surface area contributed by atoms with Gasteiger partial charge >= 0.3 is 5.69 Å². The lowest BCUT2D eigenvalue weighted by atomic mass is 9.90. The maximum absolute atomic E-state index is 13.5. The second-order valence-electron chi connectivity index (χ2n) is 9.05. The number of anilines is 1. The van der Waals surface area contributed by atoms with Gasteiger partial charge < -0.3 is 14.6 Å². The molecule has 1 aliphatic rings. The van der Waals surface area contributed by atoms with Crippen LogP contribution in [0.25, 0.3) is 11.2 Å². The number of benzene rings is 2. The van der Waals surface area contributed by atoms with Crippen molar-refractivity contribution in [3.63, 3.8) is 0 Å². The molecule has 2 aromatic carbocycles. The molecule has 0 fully saturated rings. The lowest BCUT2D eigenvalue weighted by Crippen LogP contribution is -2.43. The molecular weight excluding hydrogens is 458 g/mol. The Morgan fingerprint density at radius 3 is 2.64 bits per heavy atom. The fourth-order valence-corrected chi connectivity index (χ4v) is 4.88. The summed E-state index contributed by atoms with van der Waals surface area (Å²) in [5.41, 5.74) is 3.46. The third kappa shape index (κ3) is 4.61. The van der Waals surface area contributed by atoms with E-state index in [1.165, 1.54) is 16.5 Å². The van der Waals surface area contributed by atoms with Gasteiger partial charge in [0.2, 0.25) is 5.91 Å². The second kappa shape index (κ2) is 10.3. The van der Waals surface area contributed by atoms with Gasteiger partial charge in [-0.2, -0.15) is 0 Å². The molecule has 1 amide bonds. The number of aromatic nitrogens is 4. The molecule has 0 saturated heterocycles. The van der Waals surface area contributed by atoms with E-state index in [-0.39, 0.29) is 18.6 Å². The normalized spacial score (nSPS) is 13.0. The van der Waals surface area contributed by atoms with Crippen molar-refractivity contribution < 1.29 is 9.53 Å². The minimum absolute atomic E-state index is 0.228. The third-order valence-corrected chi connectivity index (χ3v) is 6.68. The molecule has 0 atom stereocenters. The predicted octanol–water partition coefficient (Wildman–Crippen LogP) is 2.57. The molecule has 0 unspecified atom stereocenters. The van der Waals surface area contributed by atoms with Gasteiger partial charge in [-0.3, -0.25) is 14.2 Å². The Labute approximate surface area is 208 Å². The third-order valence-electron chi connectivity index (χ3n) is 6.68. The zero-order valence-electron chi connectivity index (χ0n) is 20.3. The molecule has 0 saturated carbocycles. The number of carbonyl (C=O) groups is 1. The van der Waals surface area contributed by atoms with E-state index in [2.05, 4.69) is 16.4 Å². The molecule has 1 aliphatic carbocycles. The first-order chi connectivity index (χ1) is 17.6. The van der Waals surface area contributed by atoms with E-state index in [9.17, 15) is 14.4 Å². The van der Waals surface area contributed by atoms with Gasteiger partial charge in [0.1, 0.15) is 6.54 Å². The van der Waals surface area contributed by atoms with E-state index in [1.807, 2.05) is 42.5 Å². The number of amides is 1. The lowest BCUT2D eigenvalue weighted by Gasteiger charge is -2.20. The van der Waals surface area contributed by atoms with Crippen molar-refractivity contribution in [3.8, 4) is 0 Å². The maximum Gasteiger partial charge on any atom is 0.333 e. The number of methoxy groups -OCH3 is 1. The molecule has 1 N–H and O–H groups in total. The van der Waals surface area contributed by atoms with Gasteiger partial charge in [-0.05, 0) is 48.4 Å². The molecule has 9 nitrogen and oxygen atoms in total. The zero-order chi connectivity index (χ0) is 25.1. The van der Waals surface area contributed by atoms with E-state index in [0.717, 1.165) is 47.1 Å². The fourth-order valence-electron chi connectivity index (χ4n) is 4.88. The summed E-state index contributed by atoms with van der Waals surface area (Å²) in [4.78, 5) is 44.5. The molecule has 186 valence electrons. The summed E-state index contributed by atoms with van der Waals surface area (Å²) in [7, 11) is 1.58. The quantitative estimate of drug-likeness (QED) is 0.412. The van der Waals surface area contributed by atoms with Crippen LogP contribution >= 0.6 is 0 Å². The lowest BCUT2D eigenvalue weighted by molar-refractivity contribution is -0.116. The van der Waals surface area contributed by atoms with Crippen LogP contribution in [-0.4, -0.2) is 38.3 Å². The summed E-state index contributed by atoms with van der Waals surface area (Å²) in [5.74, 6) is -0.415. The number of carbonyl (C=O) groups excluding carboxylic acids is 1. The molecule has 0 bridgehead atoms. The van der Waals surface area contributed by atoms with Gasteiger partial charge in [-0.1, -0.05) is 42.5 Å². The first kappa shape index (κ1) is 23.7. The molecule has 0 aliphatic heterocycles. The van der Waals surface area contributed by atoms with Gasteiger partial charge in [0, 0.05) is 19.3 Å². The highest BCUT2D eigenvalue weighted by molar-refractivity contribution is 5.91. The standard InChI is InChI=1S/C27H29N5O4/c1-36-15-14-30-18-28-25-24(30)26(34)32(27(35)31(25)16-19-8-3-2-4-9-19)17-23(33)29-22-13-7-11-20-10-5-6-12-21(20)22/h2-4,7-9,11,13,18H,5-6,10,12,14-17H2,1H3,(H,29,33). The molecule has 9 heteroatoms. The number of hydrogen-bond acceptors (Lipinski definition) is 5. The number of hydrogen-bond donors (Lipinski definition) is 1. The zero-order valence-corrected chi connectivity index (χ0v) is 20.3. The Kier molecular flexibility index (Phi) is 6.81. The van der Waals surface area contributed by atoms with Gasteiger partial charge in [-0.15, -0.1) is 0 Å². The van der Waals surface area contributed by atoms with Crippen LogP contribution in [0.5, 0.6) is 0 Å². The number of nitrogens with one attached hydrogen (secondary N) is 1. The molecule has 4 aromatic rings. The summed E-state index contributed by atoms with van der Waals surface area (Å²) < 4.78 is 9.29.